The molecule has 2 aromatic carbocycles. The van der Waals surface area contributed by atoms with Crippen molar-refractivity contribution in [2.75, 3.05) is 7.11 Å². The fourth-order valence-electron chi connectivity index (χ4n) is 5.92. The Bertz CT molecular complexity index is 1510. The number of allylic oxidation sites excluding steroid dienone is 1. The largest absolute Gasteiger partial charge is 0.497 e. The van der Waals surface area contributed by atoms with Crippen molar-refractivity contribution in [1.82, 2.24) is 5.32 Å². The summed E-state index contributed by atoms with van der Waals surface area (Å²) in [4.78, 5) is 63.6. The van der Waals surface area contributed by atoms with Gasteiger partial charge in [0.25, 0.3) is 0 Å². The lowest BCUT2D eigenvalue weighted by molar-refractivity contribution is -0.187. The highest BCUT2D eigenvalue weighted by Crippen LogP contribution is 2.29. The number of amides is 1. The van der Waals surface area contributed by atoms with Gasteiger partial charge in [-0.3, -0.25) is 14.4 Å². The summed E-state index contributed by atoms with van der Waals surface area (Å²) < 4.78 is 10.7. The summed E-state index contributed by atoms with van der Waals surface area (Å²) in [5.74, 6) is -6.07. The predicted molar refractivity (Wildman–Crippen MR) is 203 cm³/mol. The average Bonchev–Trinajstić information content (AvgIpc) is 3.09. The van der Waals surface area contributed by atoms with Crippen LogP contribution < -0.4 is 10.1 Å². The van der Waals surface area contributed by atoms with Gasteiger partial charge in [-0.2, -0.15) is 0 Å². The number of Topliss-reactive ketones (excluding diaryl/α,β-unsaturated/α-hetero) is 1. The number of carboxylic acid groups (broad SMARTS) is 2. The van der Waals surface area contributed by atoms with E-state index in [1.165, 1.54) is 33.3 Å². The van der Waals surface area contributed by atoms with E-state index in [-0.39, 0.29) is 12.2 Å². The van der Waals surface area contributed by atoms with Gasteiger partial charge in [0.1, 0.15) is 23.2 Å². The number of nitrogens with one attached hydrogen (secondary N) is 1. The van der Waals surface area contributed by atoms with Crippen LogP contribution in [0.3, 0.4) is 0 Å². The van der Waals surface area contributed by atoms with Gasteiger partial charge in [-0.15, -0.1) is 0 Å². The SMILES string of the molecule is CCCCCCCC(=O)CCCCCC/C=C/[C@H](C(=O)N[C@@H](Cc1ccc(-c2cccc(OC)c2)cc1)C(=O)O)[C@@](O)(CC(=O)O)C(=O)OC(C)(C)C. The number of carbonyl (C=O) groups excluding carboxylic acids is 3. The Morgan fingerprint density at radius 3 is 2.02 bits per heavy atom. The summed E-state index contributed by atoms with van der Waals surface area (Å²) >= 11 is 0. The Balaban J connectivity index is 2.17. The number of esters is 1. The van der Waals surface area contributed by atoms with E-state index in [9.17, 15) is 39.3 Å². The number of aliphatic carboxylic acids is 2. The lowest BCUT2D eigenvalue weighted by atomic mass is 9.82. The second-order valence-corrected chi connectivity index (χ2v) is 14.6. The first kappa shape index (κ1) is 44.7. The van der Waals surface area contributed by atoms with E-state index in [2.05, 4.69) is 12.2 Å². The molecule has 0 fully saturated rings. The van der Waals surface area contributed by atoms with Crippen molar-refractivity contribution < 1.29 is 48.8 Å². The van der Waals surface area contributed by atoms with Gasteiger partial charge >= 0.3 is 17.9 Å². The molecule has 4 N–H and O–H groups in total. The number of ketones is 1. The van der Waals surface area contributed by atoms with Crippen LogP contribution in [0.1, 0.15) is 117 Å². The molecule has 11 nitrogen and oxygen atoms in total. The van der Waals surface area contributed by atoms with Gasteiger partial charge in [-0.1, -0.05) is 94.0 Å². The molecule has 0 radical (unpaired) electrons. The van der Waals surface area contributed by atoms with Crippen molar-refractivity contribution in [3.05, 3.63) is 66.2 Å². The predicted octanol–water partition coefficient (Wildman–Crippen LogP) is 7.46. The van der Waals surface area contributed by atoms with Crippen molar-refractivity contribution in [1.29, 1.82) is 0 Å². The minimum absolute atomic E-state index is 0.124. The number of hydrogen-bond acceptors (Lipinski definition) is 8. The number of ether oxygens (including phenoxy) is 2. The van der Waals surface area contributed by atoms with E-state index in [0.717, 1.165) is 56.1 Å². The van der Waals surface area contributed by atoms with Crippen LogP contribution in [-0.2, 0) is 35.1 Å². The number of carbonyl (C=O) groups is 5. The molecule has 2 rings (SSSR count). The van der Waals surface area contributed by atoms with Gasteiger partial charge in [-0.05, 0) is 75.3 Å². The highest BCUT2D eigenvalue weighted by Gasteiger charge is 2.51. The summed E-state index contributed by atoms with van der Waals surface area (Å²) in [5.41, 5.74) is -1.60. The molecule has 0 heterocycles. The van der Waals surface area contributed by atoms with Gasteiger partial charge in [-0.25, -0.2) is 9.59 Å². The number of carboxylic acids is 2. The quantitative estimate of drug-likeness (QED) is 0.0454. The first-order chi connectivity index (χ1) is 25.1. The number of unbranched alkanes of at least 4 members (excludes halogenated alkanes) is 8. The van der Waals surface area contributed by atoms with Gasteiger partial charge in [0.2, 0.25) is 5.91 Å². The van der Waals surface area contributed by atoms with Gasteiger partial charge in [0, 0.05) is 19.3 Å². The summed E-state index contributed by atoms with van der Waals surface area (Å²) in [6.45, 7) is 6.78. The average molecular weight is 738 g/mol. The summed E-state index contributed by atoms with van der Waals surface area (Å²) in [7, 11) is 1.57. The van der Waals surface area contributed by atoms with Crippen LogP contribution in [0, 0.1) is 5.92 Å². The van der Waals surface area contributed by atoms with Crippen LogP contribution >= 0.6 is 0 Å². The smallest absolute Gasteiger partial charge is 0.340 e. The number of aliphatic hydroxyl groups is 1. The Hall–Kier alpha value is -4.51. The van der Waals surface area contributed by atoms with Gasteiger partial charge in [0.15, 0.2) is 5.60 Å². The first-order valence-corrected chi connectivity index (χ1v) is 18.7. The zero-order valence-electron chi connectivity index (χ0n) is 32.0. The Labute approximate surface area is 314 Å². The Morgan fingerprint density at radius 1 is 0.830 bits per heavy atom. The summed E-state index contributed by atoms with van der Waals surface area (Å²) in [6, 6.07) is 13.1. The first-order valence-electron chi connectivity index (χ1n) is 18.7. The maximum Gasteiger partial charge on any atom is 0.340 e. The van der Waals surface area contributed by atoms with Crippen molar-refractivity contribution in [3.8, 4) is 16.9 Å². The second kappa shape index (κ2) is 22.5. The van der Waals surface area contributed by atoms with Crippen LogP contribution in [0.4, 0.5) is 0 Å². The van der Waals surface area contributed by atoms with E-state index >= 15 is 0 Å². The van der Waals surface area contributed by atoms with Crippen LogP contribution in [0.15, 0.2) is 60.7 Å². The zero-order chi connectivity index (χ0) is 39.4. The molecule has 292 valence electrons. The molecule has 1 amide bonds. The van der Waals surface area contributed by atoms with Crippen LogP contribution in [-0.4, -0.2) is 69.3 Å². The minimum atomic E-state index is -2.84. The molecule has 3 atom stereocenters. The molecule has 53 heavy (non-hydrogen) atoms. The summed E-state index contributed by atoms with van der Waals surface area (Å²) in [5, 5.41) is 33.8. The van der Waals surface area contributed by atoms with E-state index in [1.54, 1.807) is 25.3 Å². The van der Waals surface area contributed by atoms with E-state index in [0.29, 0.717) is 37.0 Å². The van der Waals surface area contributed by atoms with Crippen LogP contribution in [0.25, 0.3) is 11.1 Å². The number of methoxy groups -OCH3 is 1. The molecule has 0 spiro atoms. The molecule has 0 aliphatic heterocycles. The fraction of sp³-hybridized carbons (Fsp3) is 0.548. The molecular formula is C42H59NO10. The van der Waals surface area contributed by atoms with Crippen molar-refractivity contribution in [2.24, 2.45) is 5.92 Å². The Kier molecular flexibility index (Phi) is 19.0. The van der Waals surface area contributed by atoms with Gasteiger partial charge in [0.05, 0.1) is 19.4 Å². The summed E-state index contributed by atoms with van der Waals surface area (Å²) in [6.07, 6.45) is 11.8. The minimum Gasteiger partial charge on any atom is -0.497 e. The molecule has 11 heteroatoms. The molecule has 0 unspecified atom stereocenters. The molecule has 0 aliphatic rings. The standard InChI is InChI=1S/C42H59NO10/c1-6-7-8-11-14-19-33(44)20-15-12-9-10-13-16-22-35(42(51,29-37(45)46)40(50)53-41(2,3)4)38(47)43-36(39(48)49)27-30-23-25-31(26-24-30)32-18-17-21-34(28-32)52-5/h16-18,21-26,28,35-36,51H,6-15,19-20,27,29H2,1-5H3,(H,43,47)(H,45,46)(H,48,49)/b22-16+/t35-,36+,42+/m1/s1. The van der Waals surface area contributed by atoms with E-state index < -0.39 is 53.4 Å². The number of rotatable bonds is 25. The fourth-order valence-corrected chi connectivity index (χ4v) is 5.92. The molecule has 0 saturated carbocycles. The molecular weight excluding hydrogens is 678 g/mol. The highest BCUT2D eigenvalue weighted by atomic mass is 16.6. The molecule has 0 bridgehead atoms. The molecule has 0 aromatic heterocycles. The maximum absolute atomic E-state index is 13.8. The van der Waals surface area contributed by atoms with E-state index in [4.69, 9.17) is 9.47 Å². The number of benzene rings is 2. The third-order valence-corrected chi connectivity index (χ3v) is 8.85. The van der Waals surface area contributed by atoms with Crippen LogP contribution in [0.5, 0.6) is 5.75 Å². The lowest BCUT2D eigenvalue weighted by Gasteiger charge is -2.33. The normalized spacial score (nSPS) is 13.8. The topological polar surface area (TPSA) is 177 Å². The van der Waals surface area contributed by atoms with Crippen molar-refractivity contribution in [3.63, 3.8) is 0 Å². The molecule has 0 saturated heterocycles. The Morgan fingerprint density at radius 2 is 1.45 bits per heavy atom. The number of hydrogen-bond donors (Lipinski definition) is 4. The molecule has 0 aliphatic carbocycles. The highest BCUT2D eigenvalue weighted by molar-refractivity contribution is 5.95. The maximum atomic E-state index is 13.8. The second-order valence-electron chi connectivity index (χ2n) is 14.6. The monoisotopic (exact) mass is 737 g/mol. The third kappa shape index (κ3) is 16.4. The third-order valence-electron chi connectivity index (χ3n) is 8.85. The van der Waals surface area contributed by atoms with Crippen molar-refractivity contribution >= 4 is 29.6 Å². The van der Waals surface area contributed by atoms with Crippen LogP contribution in [0.2, 0.25) is 0 Å². The lowest BCUT2D eigenvalue weighted by Crippen LogP contribution is -2.56. The van der Waals surface area contributed by atoms with Gasteiger partial charge < -0.3 is 30.1 Å². The van der Waals surface area contributed by atoms with Crippen molar-refractivity contribution in [2.45, 2.75) is 135 Å². The molecule has 2 aromatic rings. The van der Waals surface area contributed by atoms with E-state index in [1.807, 2.05) is 36.4 Å². The zero-order valence-corrected chi connectivity index (χ0v) is 32.0.